The number of ether oxygens (including phenoxy) is 1. The lowest BCUT2D eigenvalue weighted by Gasteiger charge is -2.11. The second kappa shape index (κ2) is 9.45. The van der Waals surface area contributed by atoms with Gasteiger partial charge in [0, 0.05) is 37.0 Å². The number of hydrogen-bond acceptors (Lipinski definition) is 5. The molecule has 0 radical (unpaired) electrons. The Balaban J connectivity index is 1.59. The third-order valence-corrected chi connectivity index (χ3v) is 4.08. The first kappa shape index (κ1) is 19.3. The summed E-state index contributed by atoms with van der Waals surface area (Å²) in [6.07, 6.45) is 4.12. The molecule has 0 atom stereocenters. The summed E-state index contributed by atoms with van der Waals surface area (Å²) in [5.41, 5.74) is 2.02. The van der Waals surface area contributed by atoms with E-state index in [1.54, 1.807) is 24.5 Å². The number of amides is 1. The summed E-state index contributed by atoms with van der Waals surface area (Å²) < 4.78 is 6.89. The Kier molecular flexibility index (Phi) is 6.51. The Labute approximate surface area is 163 Å². The lowest BCUT2D eigenvalue weighted by Crippen LogP contribution is -2.23. The van der Waals surface area contributed by atoms with Gasteiger partial charge >= 0.3 is 0 Å². The molecule has 0 aliphatic carbocycles. The zero-order valence-corrected chi connectivity index (χ0v) is 15.7. The van der Waals surface area contributed by atoms with Crippen molar-refractivity contribution in [1.29, 1.82) is 0 Å². The summed E-state index contributed by atoms with van der Waals surface area (Å²) in [5.74, 6) is 0.506. The summed E-state index contributed by atoms with van der Waals surface area (Å²) in [6.45, 7) is 2.77. The lowest BCUT2D eigenvalue weighted by molar-refractivity contribution is -0.116. The highest BCUT2D eigenvalue weighted by atomic mass is 16.5. The van der Waals surface area contributed by atoms with Gasteiger partial charge in [-0.2, -0.15) is 5.10 Å². The van der Waals surface area contributed by atoms with Gasteiger partial charge in [-0.25, -0.2) is 4.68 Å². The van der Waals surface area contributed by atoms with E-state index < -0.39 is 0 Å². The fraction of sp³-hybridized carbons (Fsp3) is 0.238. The molecular formula is C21H22N4O3. The molecule has 144 valence electrons. The number of hydrogen-bond donors (Lipinski definition) is 1. The van der Waals surface area contributed by atoms with Crippen molar-refractivity contribution >= 4 is 11.6 Å². The Hall–Kier alpha value is -3.48. The molecule has 1 amide bonds. The quantitative estimate of drug-likeness (QED) is 0.651. The number of rotatable bonds is 8. The van der Waals surface area contributed by atoms with Gasteiger partial charge in [0.2, 0.25) is 5.91 Å². The van der Waals surface area contributed by atoms with Gasteiger partial charge in [0.05, 0.1) is 18.0 Å². The molecule has 2 heterocycles. The lowest BCUT2D eigenvalue weighted by atomic mass is 10.2. The second-order valence-electron chi connectivity index (χ2n) is 6.10. The van der Waals surface area contributed by atoms with Crippen LogP contribution in [0, 0.1) is 0 Å². The average molecular weight is 378 g/mol. The fourth-order valence-electron chi connectivity index (χ4n) is 2.74. The van der Waals surface area contributed by atoms with Gasteiger partial charge in [-0.15, -0.1) is 0 Å². The molecule has 0 saturated carbocycles. The normalized spacial score (nSPS) is 10.5. The summed E-state index contributed by atoms with van der Waals surface area (Å²) in [4.78, 5) is 28.3. The van der Waals surface area contributed by atoms with E-state index in [1.165, 1.54) is 10.7 Å². The van der Waals surface area contributed by atoms with Crippen molar-refractivity contribution in [2.75, 3.05) is 11.9 Å². The molecule has 0 aliphatic heterocycles. The minimum Gasteiger partial charge on any atom is -0.492 e. The third kappa shape index (κ3) is 5.03. The van der Waals surface area contributed by atoms with Crippen LogP contribution in [0.15, 0.2) is 65.7 Å². The Morgan fingerprint density at radius 3 is 2.68 bits per heavy atom. The number of aromatic nitrogens is 3. The molecule has 0 unspecified atom stereocenters. The van der Waals surface area contributed by atoms with Crippen molar-refractivity contribution in [3.63, 3.8) is 0 Å². The predicted molar refractivity (Wildman–Crippen MR) is 107 cm³/mol. The third-order valence-electron chi connectivity index (χ3n) is 4.08. The summed E-state index contributed by atoms with van der Waals surface area (Å²) in [7, 11) is 0. The van der Waals surface area contributed by atoms with Gasteiger partial charge in [-0.1, -0.05) is 12.1 Å². The number of para-hydroxylation sites is 2. The largest absolute Gasteiger partial charge is 0.492 e. The van der Waals surface area contributed by atoms with Crippen molar-refractivity contribution in [2.24, 2.45) is 0 Å². The number of nitrogens with one attached hydrogen (secondary N) is 1. The van der Waals surface area contributed by atoms with Crippen molar-refractivity contribution in [2.45, 2.75) is 26.3 Å². The fourth-order valence-corrected chi connectivity index (χ4v) is 2.74. The molecule has 3 aromatic rings. The Morgan fingerprint density at radius 2 is 1.89 bits per heavy atom. The van der Waals surface area contributed by atoms with Crippen LogP contribution in [-0.2, 0) is 11.3 Å². The zero-order valence-electron chi connectivity index (χ0n) is 15.7. The highest BCUT2D eigenvalue weighted by Gasteiger charge is 2.08. The molecule has 7 nitrogen and oxygen atoms in total. The Bertz CT molecular complexity index is 986. The summed E-state index contributed by atoms with van der Waals surface area (Å²) >= 11 is 0. The number of benzene rings is 1. The first-order chi connectivity index (χ1) is 13.7. The van der Waals surface area contributed by atoms with Gasteiger partial charge in [0.15, 0.2) is 0 Å². The van der Waals surface area contributed by atoms with E-state index in [9.17, 15) is 9.59 Å². The maximum Gasteiger partial charge on any atom is 0.266 e. The van der Waals surface area contributed by atoms with Crippen LogP contribution in [0.2, 0.25) is 0 Å². The standard InChI is InChI=1S/C21H22N4O3/c1-2-28-19-7-4-3-6-18(19)23-20(26)8-5-15-25-21(27)10-9-17(24-25)16-11-13-22-14-12-16/h3-4,6-7,9-14H,2,5,8,15H2,1H3,(H,23,26). The van der Waals surface area contributed by atoms with Crippen LogP contribution in [0.4, 0.5) is 5.69 Å². The van der Waals surface area contributed by atoms with E-state index in [1.807, 2.05) is 37.3 Å². The predicted octanol–water partition coefficient (Wildman–Crippen LogP) is 3.12. The van der Waals surface area contributed by atoms with Gasteiger partial charge < -0.3 is 10.1 Å². The molecule has 0 saturated heterocycles. The van der Waals surface area contributed by atoms with Crippen LogP contribution in [0.1, 0.15) is 19.8 Å². The zero-order chi connectivity index (χ0) is 19.8. The molecule has 0 bridgehead atoms. The molecule has 1 N–H and O–H groups in total. The molecule has 1 aromatic carbocycles. The van der Waals surface area contributed by atoms with Crippen LogP contribution >= 0.6 is 0 Å². The SMILES string of the molecule is CCOc1ccccc1NC(=O)CCCn1nc(-c2ccncc2)ccc1=O. The smallest absolute Gasteiger partial charge is 0.266 e. The van der Waals surface area contributed by atoms with Gasteiger partial charge in [-0.3, -0.25) is 14.6 Å². The monoisotopic (exact) mass is 378 g/mol. The maximum absolute atomic E-state index is 12.3. The Morgan fingerprint density at radius 1 is 1.11 bits per heavy atom. The molecule has 2 aromatic heterocycles. The number of carbonyl (C=O) groups excluding carboxylic acids is 1. The van der Waals surface area contributed by atoms with Crippen LogP contribution in [-0.4, -0.2) is 27.3 Å². The molecule has 7 heteroatoms. The minimum absolute atomic E-state index is 0.134. The van der Waals surface area contributed by atoms with E-state index in [0.717, 1.165) is 5.56 Å². The highest BCUT2D eigenvalue weighted by molar-refractivity contribution is 5.92. The number of pyridine rings is 1. The summed E-state index contributed by atoms with van der Waals surface area (Å²) in [6, 6.07) is 14.1. The van der Waals surface area contributed by atoms with Crippen molar-refractivity contribution in [3.05, 3.63) is 71.3 Å². The first-order valence-corrected chi connectivity index (χ1v) is 9.17. The minimum atomic E-state index is -0.195. The van der Waals surface area contributed by atoms with E-state index >= 15 is 0 Å². The van der Waals surface area contributed by atoms with Crippen LogP contribution in [0.25, 0.3) is 11.3 Å². The van der Waals surface area contributed by atoms with Crippen LogP contribution < -0.4 is 15.6 Å². The van der Waals surface area contributed by atoms with Gasteiger partial charge in [-0.05, 0) is 43.7 Å². The van der Waals surface area contributed by atoms with Crippen molar-refractivity contribution in [1.82, 2.24) is 14.8 Å². The van der Waals surface area contributed by atoms with E-state index in [2.05, 4.69) is 15.4 Å². The molecule has 3 rings (SSSR count). The molecule has 0 aliphatic rings. The van der Waals surface area contributed by atoms with Gasteiger partial charge in [0.1, 0.15) is 5.75 Å². The first-order valence-electron chi connectivity index (χ1n) is 9.17. The summed E-state index contributed by atoms with van der Waals surface area (Å²) in [5, 5.41) is 7.24. The number of nitrogens with zero attached hydrogens (tertiary/aromatic N) is 3. The second-order valence-corrected chi connectivity index (χ2v) is 6.10. The number of aryl methyl sites for hydroxylation is 1. The van der Waals surface area contributed by atoms with Crippen LogP contribution in [0.5, 0.6) is 5.75 Å². The van der Waals surface area contributed by atoms with Crippen molar-refractivity contribution in [3.8, 4) is 17.0 Å². The number of carbonyl (C=O) groups is 1. The van der Waals surface area contributed by atoms with E-state index in [-0.39, 0.29) is 17.9 Å². The topological polar surface area (TPSA) is 86.1 Å². The number of anilines is 1. The van der Waals surface area contributed by atoms with E-state index in [0.29, 0.717) is 36.7 Å². The van der Waals surface area contributed by atoms with E-state index in [4.69, 9.17) is 4.74 Å². The molecule has 0 spiro atoms. The van der Waals surface area contributed by atoms with Crippen molar-refractivity contribution < 1.29 is 9.53 Å². The molecule has 0 fully saturated rings. The van der Waals surface area contributed by atoms with Crippen LogP contribution in [0.3, 0.4) is 0 Å². The molecular weight excluding hydrogens is 356 g/mol. The average Bonchev–Trinajstić information content (AvgIpc) is 2.72. The van der Waals surface area contributed by atoms with Gasteiger partial charge in [0.25, 0.3) is 5.56 Å². The molecule has 28 heavy (non-hydrogen) atoms. The highest BCUT2D eigenvalue weighted by Crippen LogP contribution is 2.23. The maximum atomic E-state index is 12.3.